The molecule has 20 heavy (non-hydrogen) atoms. The quantitative estimate of drug-likeness (QED) is 0.609. The smallest absolute Gasteiger partial charge is 0.287 e. The molecular weight excluding hydrogens is 289 g/mol. The zero-order valence-corrected chi connectivity index (χ0v) is 11.9. The van der Waals surface area contributed by atoms with Crippen LogP contribution in [0, 0.1) is 0 Å². The standard InChI is InChI=1S/C12H15F2N2O3P/c1-7(17)9(4-15)10-3-2-8(5-16-10)19-6-11(18)12(13,14)20/h2-5,11,18H,6,15,20H2,1H3. The normalized spacial score (nSPS) is 13.9. The Hall–Kier alpha value is -1.59. The second-order valence-corrected chi connectivity index (χ2v) is 4.79. The Morgan fingerprint density at radius 1 is 1.65 bits per heavy atom. The lowest BCUT2D eigenvalue weighted by atomic mass is 10.1. The van der Waals surface area contributed by atoms with Crippen molar-refractivity contribution in [1.29, 1.82) is 0 Å². The lowest BCUT2D eigenvalue weighted by Crippen LogP contribution is -2.32. The van der Waals surface area contributed by atoms with E-state index in [-0.39, 0.29) is 17.1 Å². The summed E-state index contributed by atoms with van der Waals surface area (Å²) in [4.78, 5) is 15.2. The third-order valence-corrected chi connectivity index (χ3v) is 2.80. The number of Topliss-reactive ketones (excluding diaryl/α,β-unsaturated/α-hetero) is 1. The van der Waals surface area contributed by atoms with E-state index in [4.69, 9.17) is 15.6 Å². The lowest BCUT2D eigenvalue weighted by molar-refractivity contribution is -0.111. The fraction of sp³-hybridized carbons (Fsp3) is 0.333. The molecule has 1 rings (SSSR count). The van der Waals surface area contributed by atoms with Crippen LogP contribution in [0.5, 0.6) is 5.75 Å². The maximum atomic E-state index is 12.7. The molecule has 0 radical (unpaired) electrons. The summed E-state index contributed by atoms with van der Waals surface area (Å²) >= 11 is 0. The van der Waals surface area contributed by atoms with Gasteiger partial charge in [0.2, 0.25) is 0 Å². The van der Waals surface area contributed by atoms with Crippen molar-refractivity contribution >= 4 is 20.6 Å². The zero-order chi connectivity index (χ0) is 15.3. The van der Waals surface area contributed by atoms with Crippen LogP contribution in [0.3, 0.4) is 0 Å². The second kappa shape index (κ2) is 6.72. The summed E-state index contributed by atoms with van der Waals surface area (Å²) in [6, 6.07) is 2.92. The van der Waals surface area contributed by atoms with Gasteiger partial charge < -0.3 is 15.6 Å². The number of pyridine rings is 1. The van der Waals surface area contributed by atoms with Crippen LogP contribution in [-0.4, -0.2) is 34.2 Å². The van der Waals surface area contributed by atoms with E-state index in [0.717, 1.165) is 6.20 Å². The molecule has 0 saturated carbocycles. The molecule has 0 aliphatic heterocycles. The van der Waals surface area contributed by atoms with Crippen LogP contribution in [-0.2, 0) is 4.79 Å². The van der Waals surface area contributed by atoms with Crippen molar-refractivity contribution in [2.45, 2.75) is 18.7 Å². The van der Waals surface area contributed by atoms with Crippen molar-refractivity contribution in [3.8, 4) is 5.75 Å². The highest BCUT2D eigenvalue weighted by atomic mass is 31.0. The second-order valence-electron chi connectivity index (χ2n) is 4.02. The predicted molar refractivity (Wildman–Crippen MR) is 73.2 cm³/mol. The first-order chi connectivity index (χ1) is 9.25. The number of carbonyl (C=O) groups excluding carboxylic acids is 1. The van der Waals surface area contributed by atoms with E-state index in [1.54, 1.807) is 0 Å². The first kappa shape index (κ1) is 16.5. The monoisotopic (exact) mass is 304 g/mol. The fourth-order valence-electron chi connectivity index (χ4n) is 1.29. The number of alkyl halides is 2. The molecule has 0 spiro atoms. The summed E-state index contributed by atoms with van der Waals surface area (Å²) < 4.78 is 30.3. The number of aromatic nitrogens is 1. The minimum Gasteiger partial charge on any atom is -0.489 e. The predicted octanol–water partition coefficient (Wildman–Crippen LogP) is 1.18. The Morgan fingerprint density at radius 3 is 2.70 bits per heavy atom. The van der Waals surface area contributed by atoms with Gasteiger partial charge in [-0.1, -0.05) is 9.24 Å². The van der Waals surface area contributed by atoms with Crippen LogP contribution in [0.2, 0.25) is 0 Å². The van der Waals surface area contributed by atoms with E-state index in [9.17, 15) is 13.6 Å². The first-order valence-corrected chi connectivity index (χ1v) is 6.20. The van der Waals surface area contributed by atoms with Crippen LogP contribution in [0.1, 0.15) is 12.6 Å². The summed E-state index contributed by atoms with van der Waals surface area (Å²) in [5, 5.41) is 9.11. The molecule has 0 fully saturated rings. The van der Waals surface area contributed by atoms with Gasteiger partial charge in [0.05, 0.1) is 17.5 Å². The zero-order valence-electron chi connectivity index (χ0n) is 10.7. The van der Waals surface area contributed by atoms with Crippen molar-refractivity contribution in [2.75, 3.05) is 6.61 Å². The van der Waals surface area contributed by atoms with Crippen LogP contribution in [0.15, 0.2) is 24.5 Å². The number of rotatable bonds is 6. The molecule has 1 aromatic rings. The van der Waals surface area contributed by atoms with Gasteiger partial charge in [0.25, 0.3) is 5.66 Å². The highest BCUT2D eigenvalue weighted by molar-refractivity contribution is 7.18. The molecule has 2 unspecified atom stereocenters. The Labute approximate surface area is 117 Å². The number of hydrogen-bond acceptors (Lipinski definition) is 5. The number of ketones is 1. The van der Waals surface area contributed by atoms with Crippen LogP contribution in [0.4, 0.5) is 8.78 Å². The SMILES string of the molecule is CC(=O)C(=CN)c1ccc(OCC(O)C(F)(F)P)cn1. The molecule has 0 amide bonds. The topological polar surface area (TPSA) is 85.4 Å². The maximum absolute atomic E-state index is 12.7. The maximum Gasteiger partial charge on any atom is 0.287 e. The average molecular weight is 304 g/mol. The van der Waals surface area contributed by atoms with E-state index in [1.165, 1.54) is 34.5 Å². The van der Waals surface area contributed by atoms with Gasteiger partial charge in [0, 0.05) is 6.20 Å². The van der Waals surface area contributed by atoms with Crippen LogP contribution in [0.25, 0.3) is 5.57 Å². The molecule has 0 aliphatic rings. The minimum absolute atomic E-state index is 0.196. The van der Waals surface area contributed by atoms with Crippen molar-refractivity contribution in [2.24, 2.45) is 5.73 Å². The Bertz CT molecular complexity index is 500. The van der Waals surface area contributed by atoms with Gasteiger partial charge in [-0.15, -0.1) is 0 Å². The average Bonchev–Trinajstić information content (AvgIpc) is 2.36. The number of nitrogens with two attached hydrogens (primary N) is 1. The molecule has 110 valence electrons. The van der Waals surface area contributed by atoms with Crippen molar-refractivity contribution in [1.82, 2.24) is 4.98 Å². The number of aliphatic hydroxyl groups is 1. The van der Waals surface area contributed by atoms with E-state index in [1.807, 2.05) is 0 Å². The number of allylic oxidation sites excluding steroid dienone is 1. The van der Waals surface area contributed by atoms with Gasteiger partial charge >= 0.3 is 0 Å². The van der Waals surface area contributed by atoms with E-state index in [2.05, 4.69) is 4.98 Å². The molecule has 0 aromatic carbocycles. The van der Waals surface area contributed by atoms with Crippen LogP contribution < -0.4 is 10.5 Å². The van der Waals surface area contributed by atoms with Crippen molar-refractivity contribution in [3.05, 3.63) is 30.2 Å². The van der Waals surface area contributed by atoms with Gasteiger partial charge in [-0.05, 0) is 19.1 Å². The lowest BCUT2D eigenvalue weighted by Gasteiger charge is -2.18. The number of hydrogen-bond donors (Lipinski definition) is 2. The molecule has 5 nitrogen and oxygen atoms in total. The molecule has 1 aromatic heterocycles. The van der Waals surface area contributed by atoms with Gasteiger partial charge in [-0.25, -0.2) is 0 Å². The molecule has 3 N–H and O–H groups in total. The highest BCUT2D eigenvalue weighted by Crippen LogP contribution is 2.27. The highest BCUT2D eigenvalue weighted by Gasteiger charge is 2.33. The third-order valence-electron chi connectivity index (χ3n) is 2.41. The molecule has 2 atom stereocenters. The number of ether oxygens (including phenoxy) is 1. The Balaban J connectivity index is 2.71. The van der Waals surface area contributed by atoms with E-state index >= 15 is 0 Å². The molecular formula is C12H15F2N2O3P. The largest absolute Gasteiger partial charge is 0.489 e. The van der Waals surface area contributed by atoms with Crippen molar-refractivity contribution in [3.63, 3.8) is 0 Å². The van der Waals surface area contributed by atoms with Gasteiger partial charge in [-0.2, -0.15) is 8.78 Å². The first-order valence-electron chi connectivity index (χ1n) is 5.62. The summed E-state index contributed by atoms with van der Waals surface area (Å²) in [7, 11) is 1.24. The summed E-state index contributed by atoms with van der Waals surface area (Å²) in [6.45, 7) is 0.770. The van der Waals surface area contributed by atoms with Gasteiger partial charge in [-0.3, -0.25) is 9.78 Å². The summed E-state index contributed by atoms with van der Waals surface area (Å²) in [5.74, 6) is -0.0475. The van der Waals surface area contributed by atoms with Crippen LogP contribution >= 0.6 is 9.24 Å². The third kappa shape index (κ3) is 4.51. The van der Waals surface area contributed by atoms with Crippen molar-refractivity contribution < 1.29 is 23.4 Å². The van der Waals surface area contributed by atoms with E-state index < -0.39 is 18.4 Å². The number of carbonyl (C=O) groups is 1. The molecule has 0 bridgehead atoms. The van der Waals surface area contributed by atoms with Gasteiger partial charge in [0.1, 0.15) is 12.4 Å². The fourth-order valence-corrected chi connectivity index (χ4v) is 1.39. The minimum atomic E-state index is -3.32. The molecule has 0 saturated heterocycles. The number of aliphatic hydroxyl groups excluding tert-OH is 1. The number of nitrogens with zero attached hydrogens (tertiary/aromatic N) is 1. The summed E-state index contributed by atoms with van der Waals surface area (Å²) in [5.41, 5.74) is 2.59. The summed E-state index contributed by atoms with van der Waals surface area (Å²) in [6.07, 6.45) is 0.461. The molecule has 1 heterocycles. The number of halogens is 2. The molecule has 8 heteroatoms. The Morgan fingerprint density at radius 2 is 2.30 bits per heavy atom. The Kier molecular flexibility index (Phi) is 5.53. The van der Waals surface area contributed by atoms with Gasteiger partial charge in [0.15, 0.2) is 11.9 Å². The molecule has 0 aliphatic carbocycles. The van der Waals surface area contributed by atoms with E-state index in [0.29, 0.717) is 5.69 Å².